The number of nitrogens with one attached hydrogen (secondary N) is 3. The van der Waals surface area contributed by atoms with E-state index in [9.17, 15) is 4.79 Å². The predicted molar refractivity (Wildman–Crippen MR) is 122 cm³/mol. The minimum Gasteiger partial charge on any atom is -0.497 e. The molecule has 0 fully saturated rings. The number of rotatable bonds is 6. The van der Waals surface area contributed by atoms with Crippen LogP contribution < -0.4 is 20.1 Å². The van der Waals surface area contributed by atoms with E-state index in [4.69, 9.17) is 9.47 Å². The Bertz CT molecular complexity index is 1230. The zero-order valence-corrected chi connectivity index (χ0v) is 17.7. The topological polar surface area (TPSA) is 88.3 Å². The number of urea groups is 1. The van der Waals surface area contributed by atoms with Crippen LogP contribution in [0.2, 0.25) is 0 Å². The Balaban J connectivity index is 1.46. The highest BCUT2D eigenvalue weighted by Gasteiger charge is 2.12. The quantitative estimate of drug-likeness (QED) is 0.392. The highest BCUT2D eigenvalue weighted by atomic mass is 16.5. The summed E-state index contributed by atoms with van der Waals surface area (Å²) in [6, 6.07) is 18.8. The average Bonchev–Trinajstić information content (AvgIpc) is 3.16. The lowest BCUT2D eigenvalue weighted by Crippen LogP contribution is -2.20. The van der Waals surface area contributed by atoms with Crippen LogP contribution in [0, 0.1) is 13.8 Å². The summed E-state index contributed by atoms with van der Waals surface area (Å²) < 4.78 is 11.2. The lowest BCUT2D eigenvalue weighted by atomic mass is 10.1. The van der Waals surface area contributed by atoms with Gasteiger partial charge >= 0.3 is 6.03 Å². The van der Waals surface area contributed by atoms with Crippen molar-refractivity contribution < 1.29 is 14.3 Å². The number of nitrogens with zero attached hydrogens (tertiary/aromatic N) is 1. The first kappa shape index (κ1) is 20.3. The van der Waals surface area contributed by atoms with Gasteiger partial charge in [0.05, 0.1) is 12.6 Å². The number of aryl methyl sites for hydroxylation is 2. The molecule has 7 heteroatoms. The molecule has 1 aromatic heterocycles. The molecule has 0 radical (unpaired) electrons. The number of ether oxygens (including phenoxy) is 2. The molecule has 7 nitrogen and oxygen atoms in total. The van der Waals surface area contributed by atoms with Gasteiger partial charge in [0, 0.05) is 11.1 Å². The molecule has 0 spiro atoms. The monoisotopic (exact) mass is 416 g/mol. The maximum atomic E-state index is 12.5. The van der Waals surface area contributed by atoms with Crippen LogP contribution in [0.15, 0.2) is 60.7 Å². The first-order valence-corrected chi connectivity index (χ1v) is 9.91. The molecule has 2 amide bonds. The highest BCUT2D eigenvalue weighted by molar-refractivity contribution is 6.05. The maximum absolute atomic E-state index is 12.5. The number of carbonyl (C=O) groups is 1. The Morgan fingerprint density at radius 1 is 1.00 bits per heavy atom. The number of aromatic nitrogens is 2. The van der Waals surface area contributed by atoms with E-state index in [1.807, 2.05) is 74.5 Å². The van der Waals surface area contributed by atoms with E-state index in [0.29, 0.717) is 18.2 Å². The normalized spacial score (nSPS) is 10.7. The van der Waals surface area contributed by atoms with Crippen molar-refractivity contribution in [3.8, 4) is 11.5 Å². The van der Waals surface area contributed by atoms with E-state index in [-0.39, 0.29) is 6.03 Å². The molecule has 0 aliphatic carbocycles. The number of fused-ring (bicyclic) bond motifs is 1. The summed E-state index contributed by atoms with van der Waals surface area (Å²) in [4.78, 5) is 12.5. The third-order valence-corrected chi connectivity index (χ3v) is 4.94. The molecule has 3 N–H and O–H groups in total. The number of hydrogen-bond donors (Lipinski definition) is 3. The summed E-state index contributed by atoms with van der Waals surface area (Å²) >= 11 is 0. The number of benzene rings is 3. The molecule has 158 valence electrons. The lowest BCUT2D eigenvalue weighted by molar-refractivity contribution is 0.262. The van der Waals surface area contributed by atoms with Crippen LogP contribution in [-0.4, -0.2) is 23.3 Å². The Hall–Kier alpha value is -4.00. The van der Waals surface area contributed by atoms with Gasteiger partial charge in [-0.25, -0.2) is 4.79 Å². The van der Waals surface area contributed by atoms with Crippen LogP contribution in [0.5, 0.6) is 11.5 Å². The van der Waals surface area contributed by atoms with E-state index < -0.39 is 0 Å². The van der Waals surface area contributed by atoms with Gasteiger partial charge in [0.25, 0.3) is 0 Å². The van der Waals surface area contributed by atoms with Gasteiger partial charge in [0.1, 0.15) is 18.1 Å². The Morgan fingerprint density at radius 3 is 2.68 bits per heavy atom. The van der Waals surface area contributed by atoms with Gasteiger partial charge in [-0.2, -0.15) is 5.10 Å². The summed E-state index contributed by atoms with van der Waals surface area (Å²) in [6.07, 6.45) is 0. The van der Waals surface area contributed by atoms with Gasteiger partial charge in [-0.3, -0.25) is 10.4 Å². The molecule has 1 heterocycles. The molecule has 0 saturated heterocycles. The summed E-state index contributed by atoms with van der Waals surface area (Å²) in [5, 5.41) is 13.6. The summed E-state index contributed by atoms with van der Waals surface area (Å²) in [6.45, 7) is 4.37. The van der Waals surface area contributed by atoms with Crippen LogP contribution in [-0.2, 0) is 6.61 Å². The van der Waals surface area contributed by atoms with Crippen molar-refractivity contribution in [2.75, 3.05) is 17.7 Å². The second kappa shape index (κ2) is 8.79. The van der Waals surface area contributed by atoms with E-state index in [0.717, 1.165) is 39.0 Å². The van der Waals surface area contributed by atoms with Crippen molar-refractivity contribution in [2.24, 2.45) is 0 Å². The molecule has 0 unspecified atom stereocenters. The molecular weight excluding hydrogens is 392 g/mol. The fraction of sp³-hybridized carbons (Fsp3) is 0.167. The number of anilines is 2. The third-order valence-electron chi connectivity index (χ3n) is 4.94. The number of carbonyl (C=O) groups excluding carboxylic acids is 1. The Morgan fingerprint density at radius 2 is 1.87 bits per heavy atom. The molecule has 0 atom stereocenters. The van der Waals surface area contributed by atoms with Crippen LogP contribution in [0.25, 0.3) is 10.9 Å². The van der Waals surface area contributed by atoms with Gasteiger partial charge in [-0.15, -0.1) is 0 Å². The smallest absolute Gasteiger partial charge is 0.324 e. The van der Waals surface area contributed by atoms with E-state index >= 15 is 0 Å². The molecule has 0 aliphatic heterocycles. The molecule has 3 aromatic carbocycles. The highest BCUT2D eigenvalue weighted by Crippen LogP contribution is 2.26. The van der Waals surface area contributed by atoms with Gasteiger partial charge in [-0.1, -0.05) is 29.8 Å². The number of H-pyrrole nitrogens is 1. The second-order valence-corrected chi connectivity index (χ2v) is 7.32. The van der Waals surface area contributed by atoms with Crippen LogP contribution >= 0.6 is 0 Å². The van der Waals surface area contributed by atoms with E-state index in [1.165, 1.54) is 0 Å². The average molecular weight is 416 g/mol. The van der Waals surface area contributed by atoms with Crippen molar-refractivity contribution in [1.29, 1.82) is 0 Å². The SMILES string of the molecule is COc1cccc(COc2ccc3[nH]nc(NC(=O)Nc4ccc(C)cc4C)c3c2)c1. The van der Waals surface area contributed by atoms with Crippen molar-refractivity contribution in [3.63, 3.8) is 0 Å². The van der Waals surface area contributed by atoms with Crippen molar-refractivity contribution in [2.45, 2.75) is 20.5 Å². The molecule has 4 rings (SSSR count). The van der Waals surface area contributed by atoms with Crippen LogP contribution in [0.1, 0.15) is 16.7 Å². The zero-order valence-electron chi connectivity index (χ0n) is 17.7. The Kier molecular flexibility index (Phi) is 5.75. The largest absolute Gasteiger partial charge is 0.497 e. The summed E-state index contributed by atoms with van der Waals surface area (Å²) in [5.41, 5.74) is 4.69. The predicted octanol–water partition coefficient (Wildman–Crippen LogP) is 5.41. The standard InChI is InChI=1S/C24H24N4O3/c1-15-7-9-21(16(2)11-15)25-24(29)26-23-20-13-19(8-10-22(20)27-28-23)31-14-17-5-4-6-18(12-17)30-3/h4-13H,14H2,1-3H3,(H3,25,26,27,28,29). The fourth-order valence-corrected chi connectivity index (χ4v) is 3.32. The first-order chi connectivity index (χ1) is 15.0. The van der Waals surface area contributed by atoms with Gasteiger partial charge in [0.2, 0.25) is 0 Å². The molecule has 0 bridgehead atoms. The maximum Gasteiger partial charge on any atom is 0.324 e. The van der Waals surface area contributed by atoms with E-state index in [1.54, 1.807) is 7.11 Å². The van der Waals surface area contributed by atoms with Crippen molar-refractivity contribution >= 4 is 28.4 Å². The number of methoxy groups -OCH3 is 1. The Labute approximate surface area is 180 Å². The van der Waals surface area contributed by atoms with Crippen molar-refractivity contribution in [3.05, 3.63) is 77.4 Å². The first-order valence-electron chi connectivity index (χ1n) is 9.91. The summed E-state index contributed by atoms with van der Waals surface area (Å²) in [7, 11) is 1.64. The van der Waals surface area contributed by atoms with Crippen molar-refractivity contribution in [1.82, 2.24) is 10.2 Å². The molecule has 31 heavy (non-hydrogen) atoms. The third kappa shape index (κ3) is 4.78. The lowest BCUT2D eigenvalue weighted by Gasteiger charge is -2.10. The van der Waals surface area contributed by atoms with E-state index in [2.05, 4.69) is 20.8 Å². The molecule has 0 aliphatic rings. The van der Waals surface area contributed by atoms with Gasteiger partial charge in [0.15, 0.2) is 5.82 Å². The molecule has 4 aromatic rings. The summed E-state index contributed by atoms with van der Waals surface area (Å²) in [5.74, 6) is 1.89. The number of amides is 2. The second-order valence-electron chi connectivity index (χ2n) is 7.32. The minimum atomic E-state index is -0.358. The molecule has 0 saturated carbocycles. The minimum absolute atomic E-state index is 0.358. The molecular formula is C24H24N4O3. The fourth-order valence-electron chi connectivity index (χ4n) is 3.32. The van der Waals surface area contributed by atoms with Gasteiger partial charge < -0.3 is 14.8 Å². The zero-order chi connectivity index (χ0) is 21.8. The number of hydrogen-bond acceptors (Lipinski definition) is 4. The van der Waals surface area contributed by atoms with Crippen LogP contribution in [0.4, 0.5) is 16.3 Å². The van der Waals surface area contributed by atoms with Crippen LogP contribution in [0.3, 0.4) is 0 Å². The van der Waals surface area contributed by atoms with Gasteiger partial charge in [-0.05, 0) is 61.4 Å². The number of aromatic amines is 1.